The summed E-state index contributed by atoms with van der Waals surface area (Å²) in [6, 6.07) is 18.7. The Bertz CT molecular complexity index is 1230. The molecule has 1 aliphatic rings. The van der Waals surface area contributed by atoms with Gasteiger partial charge in [-0.2, -0.15) is 0 Å². The van der Waals surface area contributed by atoms with Crippen molar-refractivity contribution >= 4 is 21.4 Å². The highest BCUT2D eigenvalue weighted by molar-refractivity contribution is 7.95. The van der Waals surface area contributed by atoms with Gasteiger partial charge in [-0.1, -0.05) is 48.0 Å². The Labute approximate surface area is 173 Å². The largest absolute Gasteiger partial charge is 0.502 e. The predicted molar refractivity (Wildman–Crippen MR) is 111 cm³/mol. The summed E-state index contributed by atoms with van der Waals surface area (Å²) in [6.45, 7) is 1.83. The van der Waals surface area contributed by atoms with Gasteiger partial charge in [0, 0.05) is 5.69 Å². The zero-order valence-corrected chi connectivity index (χ0v) is 16.8. The fourth-order valence-electron chi connectivity index (χ4n) is 3.51. The molecule has 3 aromatic carbocycles. The van der Waals surface area contributed by atoms with Gasteiger partial charge in [0.25, 0.3) is 5.91 Å². The minimum Gasteiger partial charge on any atom is -0.502 e. The Balaban J connectivity index is 1.92. The van der Waals surface area contributed by atoms with Gasteiger partial charge in [-0.3, -0.25) is 9.69 Å². The van der Waals surface area contributed by atoms with Crippen molar-refractivity contribution in [2.45, 2.75) is 17.9 Å². The zero-order chi connectivity index (χ0) is 21.5. The lowest BCUT2D eigenvalue weighted by atomic mass is 10.1. The van der Waals surface area contributed by atoms with Gasteiger partial charge in [-0.05, 0) is 48.9 Å². The smallest absolute Gasteiger partial charge is 0.295 e. The highest BCUT2D eigenvalue weighted by atomic mass is 32.2. The summed E-state index contributed by atoms with van der Waals surface area (Å²) >= 11 is 0. The molecule has 1 atom stereocenters. The van der Waals surface area contributed by atoms with Crippen LogP contribution in [-0.4, -0.2) is 19.4 Å². The first-order chi connectivity index (χ1) is 14.3. The summed E-state index contributed by atoms with van der Waals surface area (Å²) in [4.78, 5) is 13.7. The van der Waals surface area contributed by atoms with Crippen LogP contribution in [0.25, 0.3) is 0 Å². The summed E-state index contributed by atoms with van der Waals surface area (Å²) < 4.78 is 40.3. The number of aliphatic hydroxyl groups excluding tert-OH is 1. The van der Waals surface area contributed by atoms with E-state index in [4.69, 9.17) is 0 Å². The maximum absolute atomic E-state index is 13.5. The SMILES string of the molecule is Cc1ccc(S(=O)(=O)C2=C(O)C(=O)N(c3ccc(F)cc3)[C@@H]2c2ccccc2)cc1. The number of sulfone groups is 1. The average molecular weight is 423 g/mol. The lowest BCUT2D eigenvalue weighted by Crippen LogP contribution is -2.31. The molecule has 5 nitrogen and oxygen atoms in total. The fourth-order valence-corrected chi connectivity index (χ4v) is 5.13. The van der Waals surface area contributed by atoms with Crippen molar-refractivity contribution < 1.29 is 22.7 Å². The van der Waals surface area contributed by atoms with Gasteiger partial charge < -0.3 is 5.11 Å². The van der Waals surface area contributed by atoms with E-state index in [9.17, 15) is 22.7 Å². The molecular weight excluding hydrogens is 405 g/mol. The van der Waals surface area contributed by atoms with Gasteiger partial charge in [0.1, 0.15) is 16.8 Å². The second-order valence-electron chi connectivity index (χ2n) is 6.99. The Morgan fingerprint density at radius 2 is 1.50 bits per heavy atom. The first kappa shape index (κ1) is 19.8. The van der Waals surface area contributed by atoms with Crippen LogP contribution in [0.15, 0.2) is 94.4 Å². The number of carbonyl (C=O) groups excluding carboxylic acids is 1. The molecule has 0 saturated heterocycles. The average Bonchev–Trinajstić information content (AvgIpc) is 3.01. The number of aliphatic hydroxyl groups is 1. The number of halogens is 1. The molecule has 3 aromatic rings. The van der Waals surface area contributed by atoms with Crippen molar-refractivity contribution in [3.05, 3.63) is 106 Å². The lowest BCUT2D eigenvalue weighted by Gasteiger charge is -2.27. The zero-order valence-electron chi connectivity index (χ0n) is 16.0. The number of hydrogen-bond acceptors (Lipinski definition) is 4. The van der Waals surface area contributed by atoms with Crippen LogP contribution >= 0.6 is 0 Å². The summed E-state index contributed by atoms with van der Waals surface area (Å²) in [5.74, 6) is -2.19. The van der Waals surface area contributed by atoms with E-state index in [-0.39, 0.29) is 10.6 Å². The van der Waals surface area contributed by atoms with E-state index >= 15 is 0 Å². The quantitative estimate of drug-likeness (QED) is 0.672. The monoisotopic (exact) mass is 423 g/mol. The minimum atomic E-state index is -4.19. The predicted octanol–water partition coefficient (Wildman–Crippen LogP) is 4.47. The van der Waals surface area contributed by atoms with Crippen molar-refractivity contribution in [3.8, 4) is 0 Å². The van der Waals surface area contributed by atoms with Crippen LogP contribution < -0.4 is 4.90 Å². The summed E-state index contributed by atoms with van der Waals surface area (Å²) in [7, 11) is -4.19. The standard InChI is InChI=1S/C23H18FNO4S/c1-15-7-13-19(14-8-15)30(28,29)22-20(16-5-3-2-4-6-16)25(23(27)21(22)26)18-11-9-17(24)10-12-18/h2-14,20,26H,1H3/t20-/m1/s1. The van der Waals surface area contributed by atoms with Gasteiger partial charge >= 0.3 is 0 Å². The van der Waals surface area contributed by atoms with Gasteiger partial charge in [0.05, 0.1) is 4.90 Å². The number of aryl methyl sites for hydroxylation is 1. The van der Waals surface area contributed by atoms with E-state index in [1.54, 1.807) is 42.5 Å². The molecule has 0 unspecified atom stereocenters. The van der Waals surface area contributed by atoms with E-state index in [0.29, 0.717) is 5.56 Å². The third-order valence-corrected chi connectivity index (χ3v) is 6.89. The van der Waals surface area contributed by atoms with Crippen LogP contribution in [0.1, 0.15) is 17.2 Å². The topological polar surface area (TPSA) is 74.7 Å². The van der Waals surface area contributed by atoms with Crippen LogP contribution in [0.5, 0.6) is 0 Å². The number of benzene rings is 3. The number of carbonyl (C=O) groups is 1. The molecule has 0 aromatic heterocycles. The first-order valence-electron chi connectivity index (χ1n) is 9.19. The maximum Gasteiger partial charge on any atom is 0.295 e. The normalized spacial score (nSPS) is 16.9. The van der Waals surface area contributed by atoms with Crippen molar-refractivity contribution in [1.29, 1.82) is 0 Å². The third-order valence-electron chi connectivity index (χ3n) is 5.00. The minimum absolute atomic E-state index is 0.0238. The summed E-state index contributed by atoms with van der Waals surface area (Å²) in [5.41, 5.74) is 1.66. The van der Waals surface area contributed by atoms with Crippen molar-refractivity contribution in [2.24, 2.45) is 0 Å². The number of hydrogen-bond donors (Lipinski definition) is 1. The third kappa shape index (κ3) is 3.27. The van der Waals surface area contributed by atoms with Crippen LogP contribution in [0.3, 0.4) is 0 Å². The van der Waals surface area contributed by atoms with Crippen molar-refractivity contribution in [3.63, 3.8) is 0 Å². The Kier molecular flexibility index (Phi) is 4.91. The molecule has 1 N–H and O–H groups in total. The molecule has 1 heterocycles. The molecule has 4 rings (SSSR count). The fraction of sp³-hybridized carbons (Fsp3) is 0.0870. The maximum atomic E-state index is 13.5. The van der Waals surface area contributed by atoms with Crippen LogP contribution in [0.2, 0.25) is 0 Å². The molecule has 0 fully saturated rings. The molecule has 0 saturated carbocycles. The van der Waals surface area contributed by atoms with Gasteiger partial charge in [-0.25, -0.2) is 12.8 Å². The highest BCUT2D eigenvalue weighted by Crippen LogP contribution is 2.44. The number of nitrogens with zero attached hydrogens (tertiary/aromatic N) is 1. The summed E-state index contributed by atoms with van der Waals surface area (Å²) in [6.07, 6.45) is 0. The second-order valence-corrected chi connectivity index (χ2v) is 8.91. The molecule has 7 heteroatoms. The molecule has 0 bridgehead atoms. The van der Waals surface area contributed by atoms with E-state index in [0.717, 1.165) is 5.56 Å². The molecular formula is C23H18FNO4S. The van der Waals surface area contributed by atoms with Crippen LogP contribution in [0, 0.1) is 12.7 Å². The van der Waals surface area contributed by atoms with E-state index in [1.165, 1.54) is 41.3 Å². The summed E-state index contributed by atoms with van der Waals surface area (Å²) in [5, 5.41) is 10.7. The number of amides is 1. The van der Waals surface area contributed by atoms with Gasteiger partial charge in [0.15, 0.2) is 5.76 Å². The van der Waals surface area contributed by atoms with Gasteiger partial charge in [-0.15, -0.1) is 0 Å². The van der Waals surface area contributed by atoms with Crippen molar-refractivity contribution in [1.82, 2.24) is 0 Å². The van der Waals surface area contributed by atoms with E-state index in [2.05, 4.69) is 0 Å². The molecule has 0 aliphatic carbocycles. The van der Waals surface area contributed by atoms with Gasteiger partial charge in [0.2, 0.25) is 9.84 Å². The number of rotatable bonds is 4. The molecule has 30 heavy (non-hydrogen) atoms. The van der Waals surface area contributed by atoms with Crippen LogP contribution in [-0.2, 0) is 14.6 Å². The molecule has 0 spiro atoms. The second kappa shape index (κ2) is 7.42. The molecule has 0 radical (unpaired) electrons. The van der Waals surface area contributed by atoms with E-state index < -0.39 is 38.3 Å². The Hall–Kier alpha value is -3.45. The Morgan fingerprint density at radius 1 is 0.900 bits per heavy atom. The first-order valence-corrected chi connectivity index (χ1v) is 10.7. The lowest BCUT2D eigenvalue weighted by molar-refractivity contribution is -0.117. The molecule has 1 aliphatic heterocycles. The number of anilines is 1. The highest BCUT2D eigenvalue weighted by Gasteiger charge is 2.47. The molecule has 1 amide bonds. The Morgan fingerprint density at radius 3 is 2.10 bits per heavy atom. The van der Waals surface area contributed by atoms with Crippen LogP contribution in [0.4, 0.5) is 10.1 Å². The van der Waals surface area contributed by atoms with E-state index in [1.807, 2.05) is 6.92 Å². The van der Waals surface area contributed by atoms with Crippen molar-refractivity contribution in [2.75, 3.05) is 4.90 Å². The molecule has 152 valence electrons.